The summed E-state index contributed by atoms with van der Waals surface area (Å²) in [4.78, 5) is 3.79. The molecule has 3 heteroatoms. The second-order valence-electron chi connectivity index (χ2n) is 1.17. The number of rotatable bonds is 0. The van der Waals surface area contributed by atoms with Gasteiger partial charge in [-0.05, 0) is 6.07 Å². The molecule has 0 radical (unpaired) electrons. The molecule has 0 saturated heterocycles. The summed E-state index contributed by atoms with van der Waals surface area (Å²) in [5, 5.41) is 0.655. The van der Waals surface area contributed by atoms with Crippen LogP contribution >= 0.6 is 0 Å². The van der Waals surface area contributed by atoms with E-state index in [0.29, 0.717) is 5.03 Å². The van der Waals surface area contributed by atoms with Crippen LogP contribution in [0.3, 0.4) is 0 Å². The van der Waals surface area contributed by atoms with Gasteiger partial charge in [-0.25, -0.2) is 0 Å². The summed E-state index contributed by atoms with van der Waals surface area (Å²) >= 11 is 4.70. The largest absolute Gasteiger partial charge is 0.760 e. The Hall–Kier alpha value is -0.00662. The van der Waals surface area contributed by atoms with E-state index >= 15 is 0 Å². The van der Waals surface area contributed by atoms with Gasteiger partial charge in [0.2, 0.25) is 0 Å². The Morgan fingerprint density at radius 1 is 1.38 bits per heavy atom. The van der Waals surface area contributed by atoms with Crippen LogP contribution in [0.15, 0.2) is 29.4 Å². The van der Waals surface area contributed by atoms with Gasteiger partial charge in [0.15, 0.2) is 0 Å². The average Bonchev–Trinajstić information content (AvgIpc) is 1.69. The van der Waals surface area contributed by atoms with Crippen molar-refractivity contribution >= 4 is 12.6 Å². The van der Waals surface area contributed by atoms with E-state index in [1.54, 1.807) is 12.3 Å². The Bertz CT molecular complexity index is 142. The molecule has 0 aromatic carbocycles. The van der Waals surface area contributed by atoms with E-state index < -0.39 is 0 Å². The van der Waals surface area contributed by atoms with Gasteiger partial charge in [-0.1, -0.05) is 17.2 Å². The van der Waals surface area contributed by atoms with Crippen molar-refractivity contribution in [3.8, 4) is 0 Å². The van der Waals surface area contributed by atoms with Crippen LogP contribution in [0, 0.1) is 0 Å². The fourth-order valence-electron chi connectivity index (χ4n) is 0.347. The van der Waals surface area contributed by atoms with Crippen molar-refractivity contribution in [3.05, 3.63) is 24.4 Å². The van der Waals surface area contributed by atoms with Gasteiger partial charge in [-0.15, -0.1) is 0 Å². The van der Waals surface area contributed by atoms with Crippen molar-refractivity contribution < 1.29 is 19.5 Å². The first kappa shape index (κ1) is 7.99. The summed E-state index contributed by atoms with van der Waals surface area (Å²) in [6.45, 7) is 0. The van der Waals surface area contributed by atoms with Crippen molar-refractivity contribution in [2.24, 2.45) is 0 Å². The third-order valence-electron chi connectivity index (χ3n) is 0.638. The van der Waals surface area contributed by atoms with Crippen LogP contribution in [-0.2, 0) is 32.1 Å². The summed E-state index contributed by atoms with van der Waals surface area (Å²) in [6.07, 6.45) is 1.68. The molecule has 0 atom stereocenters. The summed E-state index contributed by atoms with van der Waals surface area (Å²) in [6, 6.07) is 5.50. The first-order chi connectivity index (χ1) is 3.39. The molecule has 1 rings (SSSR count). The van der Waals surface area contributed by atoms with Crippen LogP contribution in [0.5, 0.6) is 0 Å². The van der Waals surface area contributed by atoms with Gasteiger partial charge in [-0.3, -0.25) is 4.98 Å². The maximum atomic E-state index is 4.70. The molecule has 1 heterocycles. The number of hydrogen-bond donors (Lipinski definition) is 0. The number of nitrogens with zero attached hydrogens (tertiary/aromatic N) is 1. The minimum atomic E-state index is 0. The molecule has 0 aliphatic carbocycles. The molecular weight excluding hydrogens is 172 g/mol. The fourth-order valence-corrected chi connectivity index (χ4v) is 0.487. The smallest absolute Gasteiger partial charge is 0.0249 e. The average molecular weight is 176 g/mol. The van der Waals surface area contributed by atoms with Crippen molar-refractivity contribution in [1.29, 1.82) is 0 Å². The van der Waals surface area contributed by atoms with Gasteiger partial charge in [-0.2, -0.15) is 0 Å². The molecule has 0 N–H and O–H groups in total. The fraction of sp³-hybridized carbons (Fsp3) is 0. The Morgan fingerprint density at radius 3 is 2.38 bits per heavy atom. The van der Waals surface area contributed by atoms with Crippen molar-refractivity contribution in [2.75, 3.05) is 0 Å². The summed E-state index contributed by atoms with van der Waals surface area (Å²) < 4.78 is 0. The third-order valence-corrected chi connectivity index (χ3v) is 0.879. The Morgan fingerprint density at radius 2 is 2.12 bits per heavy atom. The molecule has 0 saturated carbocycles. The molecule has 0 aliphatic heterocycles. The van der Waals surface area contributed by atoms with E-state index in [2.05, 4.69) is 4.98 Å². The minimum absolute atomic E-state index is 0. The maximum Gasteiger partial charge on any atom is 0.0249 e. The van der Waals surface area contributed by atoms with E-state index in [0.717, 1.165) is 0 Å². The molecule has 1 aromatic rings. The number of hydrogen-bond acceptors (Lipinski definition) is 2. The van der Waals surface area contributed by atoms with Gasteiger partial charge in [0, 0.05) is 25.7 Å². The molecule has 1 aromatic heterocycles. The van der Waals surface area contributed by atoms with E-state index in [1.165, 1.54) is 0 Å². The SMILES string of the molecule is [S-]c1ccccn1.[Zn]. The summed E-state index contributed by atoms with van der Waals surface area (Å²) in [5.41, 5.74) is 0. The predicted octanol–water partition coefficient (Wildman–Crippen LogP) is 0.985. The molecule has 0 fully saturated rings. The van der Waals surface area contributed by atoms with Crippen LogP contribution in [0.25, 0.3) is 0 Å². The monoisotopic (exact) mass is 174 g/mol. The quantitative estimate of drug-likeness (QED) is 0.431. The molecule has 38 valence electrons. The van der Waals surface area contributed by atoms with Crippen molar-refractivity contribution in [1.82, 2.24) is 4.98 Å². The zero-order chi connectivity index (χ0) is 5.11. The standard InChI is InChI=1S/C5H5NS.Zn/c7-5-3-1-2-4-6-5;/h1-4H,(H,6,7);/p-1. The maximum absolute atomic E-state index is 4.70. The van der Waals surface area contributed by atoms with E-state index in [9.17, 15) is 0 Å². The minimum Gasteiger partial charge on any atom is -0.760 e. The van der Waals surface area contributed by atoms with Crippen LogP contribution in [-0.4, -0.2) is 4.98 Å². The molecule has 0 aliphatic rings. The molecule has 8 heavy (non-hydrogen) atoms. The van der Waals surface area contributed by atoms with Gasteiger partial charge >= 0.3 is 0 Å². The van der Waals surface area contributed by atoms with Gasteiger partial charge in [0.1, 0.15) is 0 Å². The van der Waals surface area contributed by atoms with Crippen LogP contribution in [0.1, 0.15) is 0 Å². The van der Waals surface area contributed by atoms with Gasteiger partial charge in [0.05, 0.1) is 0 Å². The number of pyridine rings is 1. The normalized spacial score (nSPS) is 7.50. The van der Waals surface area contributed by atoms with Gasteiger partial charge < -0.3 is 12.6 Å². The van der Waals surface area contributed by atoms with E-state index in [-0.39, 0.29) is 19.5 Å². The molecule has 0 unspecified atom stereocenters. The zero-order valence-corrected chi connectivity index (χ0v) is 8.16. The zero-order valence-electron chi connectivity index (χ0n) is 4.37. The summed E-state index contributed by atoms with van der Waals surface area (Å²) in [5.74, 6) is 0. The molecular formula is C5H4NSZn-. The Balaban J connectivity index is 0.000000490. The third kappa shape index (κ3) is 2.34. The van der Waals surface area contributed by atoms with Crippen LogP contribution in [0.4, 0.5) is 0 Å². The van der Waals surface area contributed by atoms with Crippen LogP contribution in [0.2, 0.25) is 0 Å². The van der Waals surface area contributed by atoms with Gasteiger partial charge in [0.25, 0.3) is 0 Å². The first-order valence-corrected chi connectivity index (χ1v) is 2.38. The van der Waals surface area contributed by atoms with Crippen molar-refractivity contribution in [2.45, 2.75) is 5.03 Å². The second kappa shape index (κ2) is 3.93. The topological polar surface area (TPSA) is 12.9 Å². The van der Waals surface area contributed by atoms with Crippen LogP contribution < -0.4 is 0 Å². The Labute approximate surface area is 66.7 Å². The van der Waals surface area contributed by atoms with Crippen molar-refractivity contribution in [3.63, 3.8) is 0 Å². The second-order valence-corrected chi connectivity index (χ2v) is 1.59. The predicted molar refractivity (Wildman–Crippen MR) is 29.9 cm³/mol. The molecule has 0 amide bonds. The molecule has 0 bridgehead atoms. The van der Waals surface area contributed by atoms with E-state index in [1.807, 2.05) is 12.1 Å². The Kier molecular flexibility index (Phi) is 3.93. The molecule has 1 nitrogen and oxygen atoms in total. The first-order valence-electron chi connectivity index (χ1n) is 1.97. The molecule has 0 spiro atoms. The van der Waals surface area contributed by atoms with E-state index in [4.69, 9.17) is 12.6 Å². The summed E-state index contributed by atoms with van der Waals surface area (Å²) in [7, 11) is 0. The number of aromatic nitrogens is 1.